The smallest absolute Gasteiger partial charge is 0.356 e. The molecule has 0 fully saturated rings. The number of rotatable bonds is 4. The Kier molecular flexibility index (Phi) is 4.20. The third kappa shape index (κ3) is 3.00. The molecule has 0 unspecified atom stereocenters. The fraction of sp³-hybridized carbons (Fsp3) is 0.400. The molecule has 0 aliphatic rings. The van der Waals surface area contributed by atoms with Gasteiger partial charge >= 0.3 is 5.97 Å². The van der Waals surface area contributed by atoms with E-state index in [0.717, 1.165) is 0 Å². The van der Waals surface area contributed by atoms with Gasteiger partial charge in [0.15, 0.2) is 0 Å². The van der Waals surface area contributed by atoms with Crippen LogP contribution in [-0.4, -0.2) is 29.3 Å². The molecule has 0 radical (unpaired) electrons. The first kappa shape index (κ1) is 11.6. The third-order valence-electron chi connectivity index (χ3n) is 1.83. The van der Waals surface area contributed by atoms with Crippen molar-refractivity contribution in [2.24, 2.45) is 5.73 Å². The van der Waals surface area contributed by atoms with Crippen LogP contribution in [0.4, 0.5) is 0 Å². The van der Waals surface area contributed by atoms with Crippen molar-refractivity contribution in [3.63, 3.8) is 0 Å². The number of carbonyl (C=O) groups excluding carboxylic acids is 1. The van der Waals surface area contributed by atoms with Crippen LogP contribution in [0.25, 0.3) is 0 Å². The lowest BCUT2D eigenvalue weighted by Crippen LogP contribution is -2.18. The minimum Gasteiger partial charge on any atom is -0.461 e. The van der Waals surface area contributed by atoms with E-state index in [1.165, 1.54) is 0 Å². The number of hydrogen-bond donors (Lipinski definition) is 2. The molecule has 3 N–H and O–H groups in total. The predicted octanol–water partition coefficient (Wildman–Crippen LogP) is 0.250. The zero-order chi connectivity index (χ0) is 11.3. The van der Waals surface area contributed by atoms with Crippen molar-refractivity contribution in [1.82, 2.24) is 4.98 Å². The molecule has 0 aliphatic carbocycles. The monoisotopic (exact) mass is 210 g/mol. The Morgan fingerprint density at radius 3 is 3.00 bits per heavy atom. The van der Waals surface area contributed by atoms with Crippen LogP contribution in [0.1, 0.15) is 29.1 Å². The Hall–Kier alpha value is -1.46. The molecular formula is C10H14N2O3. The van der Waals surface area contributed by atoms with Crippen molar-refractivity contribution in [3.05, 3.63) is 29.6 Å². The summed E-state index contributed by atoms with van der Waals surface area (Å²) in [4.78, 5) is 15.3. The largest absolute Gasteiger partial charge is 0.461 e. The van der Waals surface area contributed by atoms with Crippen LogP contribution in [0, 0.1) is 0 Å². The lowest BCUT2D eigenvalue weighted by molar-refractivity contribution is 0.0519. The summed E-state index contributed by atoms with van der Waals surface area (Å²) in [5.74, 6) is -0.482. The molecule has 1 aromatic rings. The molecule has 0 aromatic carbocycles. The summed E-state index contributed by atoms with van der Waals surface area (Å²) in [7, 11) is 0. The number of esters is 1. The quantitative estimate of drug-likeness (QED) is 0.696. The van der Waals surface area contributed by atoms with Crippen LogP contribution >= 0.6 is 0 Å². The fourth-order valence-corrected chi connectivity index (χ4v) is 1.07. The minimum absolute atomic E-state index is 0.207. The second-order valence-electron chi connectivity index (χ2n) is 2.96. The standard InChI is InChI=1S/C10H14N2O3/c1-2-15-10(14)9-5-3-4-8(12-9)7(11)6-13/h3-5,7,13H,2,6,11H2,1H3/t7-/m1/s1. The van der Waals surface area contributed by atoms with E-state index < -0.39 is 12.0 Å². The van der Waals surface area contributed by atoms with Crippen molar-refractivity contribution in [2.75, 3.05) is 13.2 Å². The highest BCUT2D eigenvalue weighted by atomic mass is 16.5. The summed E-state index contributed by atoms with van der Waals surface area (Å²) in [6, 6.07) is 4.29. The van der Waals surface area contributed by atoms with Crippen molar-refractivity contribution in [2.45, 2.75) is 13.0 Å². The minimum atomic E-state index is -0.570. The van der Waals surface area contributed by atoms with Gasteiger partial charge in [0.05, 0.1) is 24.9 Å². The molecule has 0 amide bonds. The number of pyridine rings is 1. The number of aliphatic hydroxyl groups is 1. The molecule has 0 saturated carbocycles. The van der Waals surface area contributed by atoms with Gasteiger partial charge in [-0.2, -0.15) is 0 Å². The first-order valence-corrected chi connectivity index (χ1v) is 4.69. The van der Waals surface area contributed by atoms with Crippen LogP contribution in [0.2, 0.25) is 0 Å². The van der Waals surface area contributed by atoms with Gasteiger partial charge in [0.2, 0.25) is 0 Å². The Bertz CT molecular complexity index is 341. The second kappa shape index (κ2) is 5.43. The van der Waals surface area contributed by atoms with E-state index in [9.17, 15) is 4.79 Å². The number of aliphatic hydroxyl groups excluding tert-OH is 1. The molecule has 0 spiro atoms. The van der Waals surface area contributed by atoms with E-state index in [-0.39, 0.29) is 12.3 Å². The highest BCUT2D eigenvalue weighted by Crippen LogP contribution is 2.08. The molecule has 1 rings (SSSR count). The molecule has 1 heterocycles. The van der Waals surface area contributed by atoms with E-state index in [0.29, 0.717) is 12.3 Å². The average Bonchev–Trinajstić information content (AvgIpc) is 2.28. The maximum Gasteiger partial charge on any atom is 0.356 e. The highest BCUT2D eigenvalue weighted by Gasteiger charge is 2.11. The number of carbonyl (C=O) groups is 1. The summed E-state index contributed by atoms with van der Waals surface area (Å²) in [5.41, 5.74) is 6.25. The predicted molar refractivity (Wildman–Crippen MR) is 54.2 cm³/mol. The topological polar surface area (TPSA) is 85.4 Å². The molecule has 1 atom stereocenters. The van der Waals surface area contributed by atoms with Gasteiger partial charge in [0, 0.05) is 0 Å². The SMILES string of the molecule is CCOC(=O)c1cccc([C@H](N)CO)n1. The van der Waals surface area contributed by atoms with Gasteiger partial charge in [0.1, 0.15) is 5.69 Å². The van der Waals surface area contributed by atoms with Crippen molar-refractivity contribution in [1.29, 1.82) is 0 Å². The van der Waals surface area contributed by atoms with E-state index >= 15 is 0 Å². The maximum atomic E-state index is 11.3. The fourth-order valence-electron chi connectivity index (χ4n) is 1.07. The van der Waals surface area contributed by atoms with E-state index in [1.54, 1.807) is 25.1 Å². The van der Waals surface area contributed by atoms with E-state index in [2.05, 4.69) is 4.98 Å². The van der Waals surface area contributed by atoms with Crippen LogP contribution < -0.4 is 5.73 Å². The molecule has 82 valence electrons. The van der Waals surface area contributed by atoms with E-state index in [1.807, 2.05) is 0 Å². The number of nitrogens with two attached hydrogens (primary N) is 1. The zero-order valence-corrected chi connectivity index (χ0v) is 8.51. The zero-order valence-electron chi connectivity index (χ0n) is 8.51. The highest BCUT2D eigenvalue weighted by molar-refractivity contribution is 5.87. The van der Waals surface area contributed by atoms with Gasteiger partial charge < -0.3 is 15.6 Å². The first-order valence-electron chi connectivity index (χ1n) is 4.69. The summed E-state index contributed by atoms with van der Waals surface area (Å²) < 4.78 is 4.79. The lowest BCUT2D eigenvalue weighted by Gasteiger charge is -2.08. The van der Waals surface area contributed by atoms with Gasteiger partial charge in [-0.1, -0.05) is 6.07 Å². The Labute approximate surface area is 87.9 Å². The number of ether oxygens (including phenoxy) is 1. The van der Waals surface area contributed by atoms with Crippen LogP contribution in [0.15, 0.2) is 18.2 Å². The summed E-state index contributed by atoms with van der Waals surface area (Å²) in [6.07, 6.45) is 0. The molecule has 5 nitrogen and oxygen atoms in total. The van der Waals surface area contributed by atoms with Gasteiger partial charge in [0.25, 0.3) is 0 Å². The summed E-state index contributed by atoms with van der Waals surface area (Å²) in [6.45, 7) is 1.82. The van der Waals surface area contributed by atoms with Gasteiger partial charge in [-0.25, -0.2) is 9.78 Å². The van der Waals surface area contributed by atoms with Crippen molar-refractivity contribution < 1.29 is 14.6 Å². The van der Waals surface area contributed by atoms with Gasteiger partial charge in [-0.05, 0) is 19.1 Å². The normalized spacial score (nSPS) is 12.2. The number of aromatic nitrogens is 1. The molecule has 5 heteroatoms. The molecular weight excluding hydrogens is 196 g/mol. The van der Waals surface area contributed by atoms with E-state index in [4.69, 9.17) is 15.6 Å². The van der Waals surface area contributed by atoms with Crippen LogP contribution in [0.5, 0.6) is 0 Å². The Morgan fingerprint density at radius 1 is 1.67 bits per heavy atom. The maximum absolute atomic E-state index is 11.3. The Balaban J connectivity index is 2.87. The number of nitrogens with zero attached hydrogens (tertiary/aromatic N) is 1. The van der Waals surface area contributed by atoms with Gasteiger partial charge in [-0.15, -0.1) is 0 Å². The molecule has 1 aromatic heterocycles. The molecule has 15 heavy (non-hydrogen) atoms. The molecule has 0 aliphatic heterocycles. The average molecular weight is 210 g/mol. The van der Waals surface area contributed by atoms with Gasteiger partial charge in [-0.3, -0.25) is 0 Å². The first-order chi connectivity index (χ1) is 7.19. The lowest BCUT2D eigenvalue weighted by atomic mass is 10.2. The summed E-state index contributed by atoms with van der Waals surface area (Å²) in [5, 5.41) is 8.84. The second-order valence-corrected chi connectivity index (χ2v) is 2.96. The Morgan fingerprint density at radius 2 is 2.40 bits per heavy atom. The van der Waals surface area contributed by atoms with Crippen LogP contribution in [0.3, 0.4) is 0 Å². The summed E-state index contributed by atoms with van der Waals surface area (Å²) >= 11 is 0. The third-order valence-corrected chi connectivity index (χ3v) is 1.83. The molecule has 0 bridgehead atoms. The van der Waals surface area contributed by atoms with Crippen molar-refractivity contribution in [3.8, 4) is 0 Å². The molecule has 0 saturated heterocycles. The van der Waals surface area contributed by atoms with Crippen LogP contribution in [-0.2, 0) is 4.74 Å². The number of hydrogen-bond acceptors (Lipinski definition) is 5. The van der Waals surface area contributed by atoms with Crippen molar-refractivity contribution >= 4 is 5.97 Å².